The molecule has 3 fully saturated rings. The molecule has 2 unspecified atom stereocenters. The molecule has 0 radical (unpaired) electrons. The second-order valence-electron chi connectivity index (χ2n) is 6.00. The van der Waals surface area contributed by atoms with E-state index in [2.05, 4.69) is 15.2 Å². The molecule has 3 saturated heterocycles. The van der Waals surface area contributed by atoms with E-state index in [0.717, 1.165) is 38.2 Å². The number of thioether (sulfide) groups is 1. The van der Waals surface area contributed by atoms with Gasteiger partial charge in [0.15, 0.2) is 5.78 Å². The summed E-state index contributed by atoms with van der Waals surface area (Å²) in [5, 5.41) is 4.61. The summed E-state index contributed by atoms with van der Waals surface area (Å²) in [6, 6.07) is 0.174. The number of carbonyl (C=O) groups is 2. The molecule has 0 aromatic carbocycles. The predicted molar refractivity (Wildman–Crippen MR) is 82.1 cm³/mol. The first-order valence-corrected chi connectivity index (χ1v) is 8.34. The molecule has 1 N–H and O–H groups in total. The fraction of sp³-hybridized carbons (Fsp3) is 0.533. The lowest BCUT2D eigenvalue weighted by molar-refractivity contribution is -0.123. The third-order valence-corrected chi connectivity index (χ3v) is 5.81. The van der Waals surface area contributed by atoms with Gasteiger partial charge in [-0.05, 0) is 43.3 Å². The van der Waals surface area contributed by atoms with Crippen molar-refractivity contribution < 1.29 is 9.59 Å². The molecule has 6 heteroatoms. The summed E-state index contributed by atoms with van der Waals surface area (Å²) in [4.78, 5) is 31.4. The van der Waals surface area contributed by atoms with Crippen molar-refractivity contribution in [3.05, 3.63) is 23.3 Å². The van der Waals surface area contributed by atoms with E-state index in [-0.39, 0.29) is 28.6 Å². The van der Waals surface area contributed by atoms with Gasteiger partial charge in [0.25, 0.3) is 5.91 Å². The lowest BCUT2D eigenvalue weighted by atomic mass is 9.84. The minimum Gasteiger partial charge on any atom is -0.348 e. The first kappa shape index (κ1) is 13.3. The first-order chi connectivity index (χ1) is 10.2. The number of carbonyl (C=O) groups excluding carboxylic acids is 2. The summed E-state index contributed by atoms with van der Waals surface area (Å²) < 4.78 is 0. The zero-order valence-corrected chi connectivity index (χ0v) is 12.4. The molecule has 5 heterocycles. The van der Waals surface area contributed by atoms with Crippen LogP contribution < -0.4 is 5.32 Å². The molecule has 0 saturated carbocycles. The summed E-state index contributed by atoms with van der Waals surface area (Å²) in [5.74, 6) is 0.183. The van der Waals surface area contributed by atoms with E-state index in [1.165, 1.54) is 18.0 Å². The van der Waals surface area contributed by atoms with Crippen molar-refractivity contribution in [2.75, 3.05) is 19.6 Å². The Hall–Kier alpha value is -1.40. The van der Waals surface area contributed by atoms with Crippen LogP contribution in [0.3, 0.4) is 0 Å². The van der Waals surface area contributed by atoms with Crippen molar-refractivity contribution in [2.24, 2.45) is 10.9 Å². The highest BCUT2D eigenvalue weighted by molar-refractivity contribution is 8.04. The molecule has 2 atom stereocenters. The van der Waals surface area contributed by atoms with E-state index >= 15 is 0 Å². The Labute approximate surface area is 127 Å². The van der Waals surface area contributed by atoms with Crippen LogP contribution in [0.5, 0.6) is 0 Å². The number of rotatable bonds is 2. The van der Waals surface area contributed by atoms with E-state index in [1.807, 2.05) is 11.5 Å². The molecule has 5 aliphatic heterocycles. The van der Waals surface area contributed by atoms with Gasteiger partial charge in [-0.25, -0.2) is 0 Å². The Kier molecular flexibility index (Phi) is 3.23. The quantitative estimate of drug-likeness (QED) is 0.764. The lowest BCUT2D eigenvalue weighted by Gasteiger charge is -2.45. The van der Waals surface area contributed by atoms with Gasteiger partial charge >= 0.3 is 0 Å². The number of Topliss-reactive ketones (excluding diaryl/α,β-unsaturated/α-hetero) is 1. The van der Waals surface area contributed by atoms with Gasteiger partial charge in [-0.15, -0.1) is 11.8 Å². The average Bonchev–Trinajstić information content (AvgIpc) is 2.98. The molecular weight excluding hydrogens is 286 g/mol. The number of amides is 1. The van der Waals surface area contributed by atoms with Crippen LogP contribution in [0, 0.1) is 5.92 Å². The minimum absolute atomic E-state index is 0.117. The van der Waals surface area contributed by atoms with Gasteiger partial charge in [0.05, 0.1) is 5.71 Å². The molecule has 1 amide bonds. The second kappa shape index (κ2) is 5.10. The summed E-state index contributed by atoms with van der Waals surface area (Å²) in [6.07, 6.45) is 5.55. The monoisotopic (exact) mass is 303 g/mol. The van der Waals surface area contributed by atoms with Crippen molar-refractivity contribution in [3.63, 3.8) is 0 Å². The molecule has 110 valence electrons. The Morgan fingerprint density at radius 2 is 2.19 bits per heavy atom. The minimum atomic E-state index is -0.317. The molecule has 5 aliphatic rings. The number of fused-ring (bicyclic) bond motifs is 4. The van der Waals surface area contributed by atoms with Gasteiger partial charge in [0.1, 0.15) is 10.8 Å². The summed E-state index contributed by atoms with van der Waals surface area (Å²) in [7, 11) is 0. The first-order valence-electron chi connectivity index (χ1n) is 7.39. The van der Waals surface area contributed by atoms with Gasteiger partial charge in [-0.1, -0.05) is 0 Å². The second-order valence-corrected chi connectivity index (χ2v) is 7.01. The van der Waals surface area contributed by atoms with Crippen LogP contribution in [0.1, 0.15) is 12.8 Å². The third-order valence-electron chi connectivity index (χ3n) is 4.79. The van der Waals surface area contributed by atoms with Gasteiger partial charge in [-0.3, -0.25) is 14.6 Å². The van der Waals surface area contributed by atoms with Crippen LogP contribution in [0.25, 0.3) is 0 Å². The molecular formula is C15H17N3O2S. The fourth-order valence-electron chi connectivity index (χ4n) is 3.54. The molecule has 0 spiro atoms. The van der Waals surface area contributed by atoms with E-state index in [0.29, 0.717) is 5.92 Å². The van der Waals surface area contributed by atoms with Crippen LogP contribution in [0.15, 0.2) is 28.2 Å². The number of nitrogens with one attached hydrogen (secondary N) is 1. The highest BCUT2D eigenvalue weighted by Gasteiger charge is 2.38. The zero-order valence-electron chi connectivity index (χ0n) is 11.6. The van der Waals surface area contributed by atoms with Crippen LogP contribution in [0.2, 0.25) is 0 Å². The average molecular weight is 303 g/mol. The highest BCUT2D eigenvalue weighted by Crippen LogP contribution is 2.30. The molecule has 2 bridgehead atoms. The standard InChI is InChI=1S/C15H17N3O2S/c19-13-10(7-16-11-3-6-21-14(11)13)15(20)17-12-8-18-4-1-9(12)2-5-18/h3,6-7,9,12,14H,1-2,4-5,8H2,(H,17,20). The molecule has 5 rings (SSSR count). The van der Waals surface area contributed by atoms with Crippen LogP contribution in [-0.2, 0) is 9.59 Å². The predicted octanol–water partition coefficient (Wildman–Crippen LogP) is 0.733. The van der Waals surface area contributed by atoms with Crippen molar-refractivity contribution in [1.29, 1.82) is 0 Å². The van der Waals surface area contributed by atoms with Gasteiger partial charge in [-0.2, -0.15) is 0 Å². The Morgan fingerprint density at radius 1 is 1.38 bits per heavy atom. The Bertz CT molecular complexity index is 588. The van der Waals surface area contributed by atoms with E-state index in [4.69, 9.17) is 0 Å². The maximum Gasteiger partial charge on any atom is 0.256 e. The topological polar surface area (TPSA) is 61.8 Å². The number of aliphatic imine (C=N–C) groups is 1. The number of allylic oxidation sites excluding steroid dienone is 1. The van der Waals surface area contributed by atoms with E-state index in [9.17, 15) is 9.59 Å². The number of piperidine rings is 3. The maximum absolute atomic E-state index is 12.4. The lowest BCUT2D eigenvalue weighted by Crippen LogP contribution is -2.57. The summed E-state index contributed by atoms with van der Waals surface area (Å²) >= 11 is 1.42. The molecule has 5 nitrogen and oxygen atoms in total. The van der Waals surface area contributed by atoms with Gasteiger partial charge in [0, 0.05) is 18.8 Å². The fourth-order valence-corrected chi connectivity index (χ4v) is 4.45. The smallest absolute Gasteiger partial charge is 0.256 e. The Balaban J connectivity index is 1.48. The normalized spacial score (nSPS) is 37.0. The van der Waals surface area contributed by atoms with Gasteiger partial charge in [0.2, 0.25) is 0 Å². The van der Waals surface area contributed by atoms with E-state index < -0.39 is 0 Å². The number of nitrogens with zero attached hydrogens (tertiary/aromatic N) is 2. The van der Waals surface area contributed by atoms with Crippen LogP contribution in [-0.4, -0.2) is 53.2 Å². The van der Waals surface area contributed by atoms with Crippen molar-refractivity contribution in [3.8, 4) is 0 Å². The number of ketones is 1. The number of hydrogen-bond acceptors (Lipinski definition) is 5. The molecule has 0 aliphatic carbocycles. The molecule has 0 aromatic rings. The zero-order chi connectivity index (χ0) is 14.4. The van der Waals surface area contributed by atoms with Crippen LogP contribution in [0.4, 0.5) is 0 Å². The largest absolute Gasteiger partial charge is 0.348 e. The SMILES string of the molecule is O=C(NC1CN2CCC1CC2)C1=CN=C2C=CSC2C1=O. The Morgan fingerprint density at radius 3 is 2.90 bits per heavy atom. The van der Waals surface area contributed by atoms with Crippen molar-refractivity contribution in [2.45, 2.75) is 24.1 Å². The molecule has 0 aromatic heterocycles. The van der Waals surface area contributed by atoms with Crippen molar-refractivity contribution >= 4 is 29.2 Å². The third kappa shape index (κ3) is 2.26. The highest BCUT2D eigenvalue weighted by atomic mass is 32.2. The van der Waals surface area contributed by atoms with Crippen LogP contribution >= 0.6 is 11.8 Å². The summed E-state index contributed by atoms with van der Waals surface area (Å²) in [5.41, 5.74) is 0.959. The van der Waals surface area contributed by atoms with E-state index in [1.54, 1.807) is 0 Å². The number of hydrogen-bond donors (Lipinski definition) is 1. The summed E-state index contributed by atoms with van der Waals surface area (Å²) in [6.45, 7) is 3.18. The molecule has 21 heavy (non-hydrogen) atoms. The maximum atomic E-state index is 12.4. The van der Waals surface area contributed by atoms with Gasteiger partial charge < -0.3 is 10.2 Å². The van der Waals surface area contributed by atoms with Crippen molar-refractivity contribution in [1.82, 2.24) is 10.2 Å².